The Kier molecular flexibility index (Phi) is 5.61. The minimum Gasteiger partial charge on any atom is -0.0880 e. The van der Waals surface area contributed by atoms with Gasteiger partial charge in [0, 0.05) is 0 Å². The van der Waals surface area contributed by atoms with Crippen LogP contribution in [-0.4, -0.2) is 0 Å². The fourth-order valence-corrected chi connectivity index (χ4v) is 3.23. The molecular weight excluding hydrogens is 252 g/mol. The Morgan fingerprint density at radius 3 is 2.43 bits per heavy atom. The topological polar surface area (TPSA) is 0 Å². The fraction of sp³-hybridized carbons (Fsp3) is 0.429. The summed E-state index contributed by atoms with van der Waals surface area (Å²) in [6, 6.07) is 15.6. The van der Waals surface area contributed by atoms with Gasteiger partial charge in [-0.25, -0.2) is 0 Å². The zero-order valence-electron chi connectivity index (χ0n) is 13.8. The minimum absolute atomic E-state index is 0.614. The zero-order chi connectivity index (χ0) is 15.2. The first kappa shape index (κ1) is 15.8. The molecule has 0 bridgehead atoms. The average molecular weight is 280 g/mol. The van der Waals surface area contributed by atoms with Crippen LogP contribution < -0.4 is 0 Å². The molecule has 0 aliphatic heterocycles. The Bertz CT molecular complexity index is 594. The molecule has 0 heterocycles. The van der Waals surface area contributed by atoms with Gasteiger partial charge in [-0.1, -0.05) is 82.3 Å². The predicted molar refractivity (Wildman–Crippen MR) is 94.7 cm³/mol. The van der Waals surface area contributed by atoms with Crippen LogP contribution in [-0.2, 0) is 0 Å². The first-order chi connectivity index (χ1) is 10.2. The molecule has 112 valence electrons. The second kappa shape index (κ2) is 7.45. The summed E-state index contributed by atoms with van der Waals surface area (Å²) in [5.74, 6) is 2.14. The van der Waals surface area contributed by atoms with E-state index in [9.17, 15) is 0 Å². The van der Waals surface area contributed by atoms with Gasteiger partial charge >= 0.3 is 0 Å². The van der Waals surface area contributed by atoms with Gasteiger partial charge in [0.25, 0.3) is 0 Å². The van der Waals surface area contributed by atoms with Crippen molar-refractivity contribution in [3.63, 3.8) is 0 Å². The van der Waals surface area contributed by atoms with Gasteiger partial charge in [-0.2, -0.15) is 0 Å². The second-order valence-electron chi connectivity index (χ2n) is 6.06. The number of benzene rings is 2. The molecule has 0 spiro atoms. The number of allylic oxidation sites excluding steroid dienone is 2. The Hall–Kier alpha value is -1.56. The van der Waals surface area contributed by atoms with Crippen molar-refractivity contribution in [3.8, 4) is 0 Å². The summed E-state index contributed by atoms with van der Waals surface area (Å²) in [6.45, 7) is 8.74. The van der Waals surface area contributed by atoms with E-state index in [0.717, 1.165) is 5.92 Å². The molecule has 3 rings (SSSR count). The van der Waals surface area contributed by atoms with Crippen LogP contribution in [0.4, 0.5) is 0 Å². The highest BCUT2D eigenvalue weighted by molar-refractivity contribution is 5.83. The molecule has 0 N–H and O–H groups in total. The fourth-order valence-electron chi connectivity index (χ4n) is 3.23. The van der Waals surface area contributed by atoms with Crippen molar-refractivity contribution >= 4 is 10.8 Å². The second-order valence-corrected chi connectivity index (χ2v) is 6.06. The van der Waals surface area contributed by atoms with Gasteiger partial charge < -0.3 is 0 Å². The zero-order valence-corrected chi connectivity index (χ0v) is 13.8. The number of hydrogen-bond donors (Lipinski definition) is 0. The molecule has 0 saturated heterocycles. The third-order valence-electron chi connectivity index (χ3n) is 4.54. The molecule has 0 heteroatoms. The summed E-state index contributed by atoms with van der Waals surface area (Å²) in [5, 5.41) is 2.70. The molecule has 0 nitrogen and oxygen atoms in total. The Morgan fingerprint density at radius 2 is 1.71 bits per heavy atom. The Labute approximate surface area is 129 Å². The third-order valence-corrected chi connectivity index (χ3v) is 4.54. The van der Waals surface area contributed by atoms with Crippen molar-refractivity contribution in [1.29, 1.82) is 0 Å². The summed E-state index contributed by atoms with van der Waals surface area (Å²) in [6.07, 6.45) is 7.38. The van der Waals surface area contributed by atoms with Crippen LogP contribution in [0.2, 0.25) is 0 Å². The van der Waals surface area contributed by atoms with Gasteiger partial charge in [0.15, 0.2) is 0 Å². The first-order valence-corrected chi connectivity index (χ1v) is 8.39. The summed E-state index contributed by atoms with van der Waals surface area (Å²) in [5.41, 5.74) is 1.47. The van der Waals surface area contributed by atoms with Crippen LogP contribution in [0.25, 0.3) is 10.8 Å². The molecule has 0 amide bonds. The molecule has 0 saturated carbocycles. The molecule has 1 aliphatic rings. The molecule has 0 aromatic heterocycles. The van der Waals surface area contributed by atoms with Gasteiger partial charge in [-0.3, -0.25) is 0 Å². The SMILES string of the molecule is CC.CC1CC=CC(C(C)c2ccc3ccccc3c2)C1. The summed E-state index contributed by atoms with van der Waals surface area (Å²) in [7, 11) is 0. The normalized spacial score (nSPS) is 22.5. The van der Waals surface area contributed by atoms with E-state index in [4.69, 9.17) is 0 Å². The minimum atomic E-state index is 0.614. The maximum atomic E-state index is 2.43. The maximum absolute atomic E-state index is 2.43. The van der Waals surface area contributed by atoms with Gasteiger partial charge in [0.05, 0.1) is 0 Å². The molecule has 0 radical (unpaired) electrons. The van der Waals surface area contributed by atoms with Crippen LogP contribution in [0.3, 0.4) is 0 Å². The lowest BCUT2D eigenvalue weighted by atomic mass is 9.78. The highest BCUT2D eigenvalue weighted by atomic mass is 14.3. The number of hydrogen-bond acceptors (Lipinski definition) is 0. The van der Waals surface area contributed by atoms with E-state index in [1.165, 1.54) is 29.2 Å². The monoisotopic (exact) mass is 280 g/mol. The largest absolute Gasteiger partial charge is 0.0880 e. The molecule has 3 atom stereocenters. The van der Waals surface area contributed by atoms with Crippen LogP contribution >= 0.6 is 0 Å². The van der Waals surface area contributed by atoms with Crippen molar-refractivity contribution in [2.24, 2.45) is 11.8 Å². The Morgan fingerprint density at radius 1 is 1.00 bits per heavy atom. The van der Waals surface area contributed by atoms with Gasteiger partial charge in [0.2, 0.25) is 0 Å². The van der Waals surface area contributed by atoms with Crippen LogP contribution in [0, 0.1) is 11.8 Å². The maximum Gasteiger partial charge on any atom is -0.0127 e. The van der Waals surface area contributed by atoms with Gasteiger partial charge in [0.1, 0.15) is 0 Å². The van der Waals surface area contributed by atoms with Gasteiger partial charge in [-0.15, -0.1) is 0 Å². The Balaban J connectivity index is 0.000000774. The molecule has 21 heavy (non-hydrogen) atoms. The van der Waals surface area contributed by atoms with E-state index < -0.39 is 0 Å². The third kappa shape index (κ3) is 3.75. The smallest absolute Gasteiger partial charge is 0.0127 e. The van der Waals surface area contributed by atoms with E-state index in [2.05, 4.69) is 68.5 Å². The molecule has 1 aliphatic carbocycles. The molecule has 3 unspecified atom stereocenters. The van der Waals surface area contributed by atoms with Crippen LogP contribution in [0.15, 0.2) is 54.6 Å². The van der Waals surface area contributed by atoms with E-state index >= 15 is 0 Å². The average Bonchev–Trinajstić information content (AvgIpc) is 2.55. The first-order valence-electron chi connectivity index (χ1n) is 8.39. The summed E-state index contributed by atoms with van der Waals surface area (Å²) in [4.78, 5) is 0. The highest BCUT2D eigenvalue weighted by Gasteiger charge is 2.21. The molecule has 2 aromatic carbocycles. The lowest BCUT2D eigenvalue weighted by Crippen LogP contribution is -2.14. The lowest BCUT2D eigenvalue weighted by molar-refractivity contribution is 0.387. The molecule has 0 fully saturated rings. The van der Waals surface area contributed by atoms with E-state index in [1.54, 1.807) is 0 Å². The van der Waals surface area contributed by atoms with E-state index in [0.29, 0.717) is 11.8 Å². The summed E-state index contributed by atoms with van der Waals surface area (Å²) < 4.78 is 0. The predicted octanol–water partition coefficient (Wildman–Crippen LogP) is 6.57. The number of fused-ring (bicyclic) bond motifs is 1. The summed E-state index contributed by atoms with van der Waals surface area (Å²) >= 11 is 0. The lowest BCUT2D eigenvalue weighted by Gasteiger charge is -2.27. The standard InChI is InChI=1S/C19H22.C2H6/c1-14-6-5-9-17(12-14)15(2)18-11-10-16-7-3-4-8-19(16)13-18;1-2/h3-5,7-11,13-15,17H,6,12H2,1-2H3;1-2H3. The van der Waals surface area contributed by atoms with Gasteiger partial charge in [-0.05, 0) is 46.9 Å². The van der Waals surface area contributed by atoms with E-state index in [-0.39, 0.29) is 0 Å². The van der Waals surface area contributed by atoms with E-state index in [1.807, 2.05) is 13.8 Å². The van der Waals surface area contributed by atoms with Crippen molar-refractivity contribution < 1.29 is 0 Å². The molecular formula is C21H28. The number of rotatable bonds is 2. The van der Waals surface area contributed by atoms with Crippen molar-refractivity contribution in [2.75, 3.05) is 0 Å². The van der Waals surface area contributed by atoms with Crippen molar-refractivity contribution in [3.05, 3.63) is 60.2 Å². The quantitative estimate of drug-likeness (QED) is 0.546. The van der Waals surface area contributed by atoms with Crippen LogP contribution in [0.1, 0.15) is 52.0 Å². The highest BCUT2D eigenvalue weighted by Crippen LogP contribution is 2.35. The van der Waals surface area contributed by atoms with Crippen molar-refractivity contribution in [2.45, 2.75) is 46.5 Å². The molecule has 2 aromatic rings. The van der Waals surface area contributed by atoms with Crippen LogP contribution in [0.5, 0.6) is 0 Å². The van der Waals surface area contributed by atoms with Crippen molar-refractivity contribution in [1.82, 2.24) is 0 Å².